The molecular weight excluding hydrogens is 266 g/mol. The zero-order chi connectivity index (χ0) is 14.5. The smallest absolute Gasteiger partial charge is 0.212 e. The van der Waals surface area contributed by atoms with Crippen LogP contribution in [0.25, 0.3) is 0 Å². The van der Waals surface area contributed by atoms with Gasteiger partial charge in [-0.2, -0.15) is 0 Å². The number of sulfonamides is 1. The molecule has 0 aliphatic heterocycles. The summed E-state index contributed by atoms with van der Waals surface area (Å²) in [5.41, 5.74) is 0.704. The van der Waals surface area contributed by atoms with Crippen molar-refractivity contribution in [2.45, 2.75) is 39.8 Å². The van der Waals surface area contributed by atoms with Crippen LogP contribution < -0.4 is 10.0 Å². The van der Waals surface area contributed by atoms with Crippen molar-refractivity contribution in [2.24, 2.45) is 0 Å². The first-order valence-electron chi connectivity index (χ1n) is 6.34. The van der Waals surface area contributed by atoms with Crippen molar-refractivity contribution in [1.29, 1.82) is 0 Å². The molecule has 1 aromatic heterocycles. The first-order valence-corrected chi connectivity index (χ1v) is 7.99. The van der Waals surface area contributed by atoms with E-state index in [9.17, 15) is 8.42 Å². The molecule has 8 heteroatoms. The van der Waals surface area contributed by atoms with E-state index in [1.165, 1.54) is 0 Å². The van der Waals surface area contributed by atoms with Crippen LogP contribution in [0.15, 0.2) is 6.20 Å². The molecule has 0 saturated carbocycles. The quantitative estimate of drug-likeness (QED) is 0.693. The normalized spacial score (nSPS) is 12.8. The van der Waals surface area contributed by atoms with Crippen LogP contribution in [0.1, 0.15) is 33.4 Å². The maximum atomic E-state index is 11.4. The maximum Gasteiger partial charge on any atom is 0.212 e. The van der Waals surface area contributed by atoms with E-state index in [1.807, 2.05) is 27.0 Å². The first kappa shape index (κ1) is 16.1. The van der Waals surface area contributed by atoms with Gasteiger partial charge in [-0.05, 0) is 20.8 Å². The molecule has 0 saturated heterocycles. The van der Waals surface area contributed by atoms with Crippen LogP contribution in [0.5, 0.6) is 0 Å². The zero-order valence-corrected chi connectivity index (χ0v) is 12.8. The SMILES string of the molecule is CCNS(=O)(=O)CCNCc1cn(C(C)(C)C)nn1. The Hall–Kier alpha value is -0.990. The van der Waals surface area contributed by atoms with Gasteiger partial charge in [0.1, 0.15) is 0 Å². The number of rotatable bonds is 7. The molecule has 0 spiro atoms. The maximum absolute atomic E-state index is 11.4. The average Bonchev–Trinajstić information content (AvgIpc) is 2.72. The predicted molar refractivity (Wildman–Crippen MR) is 74.2 cm³/mol. The van der Waals surface area contributed by atoms with Crippen molar-refractivity contribution in [2.75, 3.05) is 18.8 Å². The predicted octanol–water partition coefficient (Wildman–Crippen LogP) is 0.0620. The minimum Gasteiger partial charge on any atom is -0.310 e. The Morgan fingerprint density at radius 3 is 2.58 bits per heavy atom. The molecular formula is C11H23N5O2S. The molecule has 0 aliphatic rings. The molecule has 0 bridgehead atoms. The van der Waals surface area contributed by atoms with Gasteiger partial charge in [-0.15, -0.1) is 5.10 Å². The van der Waals surface area contributed by atoms with Gasteiger partial charge in [0.15, 0.2) is 0 Å². The third kappa shape index (κ3) is 5.66. The van der Waals surface area contributed by atoms with Crippen molar-refractivity contribution >= 4 is 10.0 Å². The van der Waals surface area contributed by atoms with Gasteiger partial charge in [0.2, 0.25) is 10.0 Å². The highest BCUT2D eigenvalue weighted by molar-refractivity contribution is 7.89. The highest BCUT2D eigenvalue weighted by Gasteiger charge is 2.15. The summed E-state index contributed by atoms with van der Waals surface area (Å²) in [5.74, 6) is 0.0637. The highest BCUT2D eigenvalue weighted by atomic mass is 32.2. The number of nitrogens with one attached hydrogen (secondary N) is 2. The lowest BCUT2D eigenvalue weighted by molar-refractivity contribution is 0.347. The van der Waals surface area contributed by atoms with Gasteiger partial charge >= 0.3 is 0 Å². The van der Waals surface area contributed by atoms with Gasteiger partial charge in [-0.3, -0.25) is 0 Å². The Bertz CT molecular complexity index is 489. The van der Waals surface area contributed by atoms with Crippen LogP contribution in [0, 0.1) is 0 Å². The molecule has 110 valence electrons. The number of hydrogen-bond donors (Lipinski definition) is 2. The van der Waals surface area contributed by atoms with Gasteiger partial charge in [0, 0.05) is 19.6 Å². The van der Waals surface area contributed by atoms with Crippen LogP contribution in [-0.2, 0) is 22.1 Å². The summed E-state index contributed by atoms with van der Waals surface area (Å²) in [7, 11) is -3.16. The van der Waals surface area contributed by atoms with Gasteiger partial charge in [0.25, 0.3) is 0 Å². The number of aromatic nitrogens is 3. The molecule has 0 aromatic carbocycles. The van der Waals surface area contributed by atoms with Crippen LogP contribution in [-0.4, -0.2) is 42.3 Å². The molecule has 0 amide bonds. The Balaban J connectivity index is 2.36. The Labute approximate surface area is 114 Å². The van der Waals surface area contributed by atoms with Crippen molar-refractivity contribution in [3.8, 4) is 0 Å². The van der Waals surface area contributed by atoms with Gasteiger partial charge in [-0.25, -0.2) is 17.8 Å². The molecule has 0 aliphatic carbocycles. The number of nitrogens with zero attached hydrogens (tertiary/aromatic N) is 3. The molecule has 2 N–H and O–H groups in total. The van der Waals surface area contributed by atoms with Crippen molar-refractivity contribution in [3.63, 3.8) is 0 Å². The minimum atomic E-state index is -3.16. The topological polar surface area (TPSA) is 88.9 Å². The minimum absolute atomic E-state index is 0.0637. The number of hydrogen-bond acceptors (Lipinski definition) is 5. The van der Waals surface area contributed by atoms with Crippen LogP contribution >= 0.6 is 0 Å². The van der Waals surface area contributed by atoms with Crippen LogP contribution in [0.2, 0.25) is 0 Å². The van der Waals surface area contributed by atoms with Crippen molar-refractivity contribution in [3.05, 3.63) is 11.9 Å². The van der Waals surface area contributed by atoms with Gasteiger partial charge in [0.05, 0.1) is 23.2 Å². The lowest BCUT2D eigenvalue weighted by atomic mass is 10.1. The summed E-state index contributed by atoms with van der Waals surface area (Å²) < 4.78 is 27.0. The Morgan fingerprint density at radius 1 is 1.37 bits per heavy atom. The van der Waals surface area contributed by atoms with E-state index in [0.29, 0.717) is 19.6 Å². The Morgan fingerprint density at radius 2 is 2.05 bits per heavy atom. The van der Waals surface area contributed by atoms with Crippen molar-refractivity contribution in [1.82, 2.24) is 25.0 Å². The van der Waals surface area contributed by atoms with E-state index in [4.69, 9.17) is 0 Å². The van der Waals surface area contributed by atoms with E-state index in [2.05, 4.69) is 20.4 Å². The lowest BCUT2D eigenvalue weighted by Crippen LogP contribution is -2.31. The van der Waals surface area contributed by atoms with Crippen LogP contribution in [0.3, 0.4) is 0 Å². The molecule has 0 unspecified atom stereocenters. The molecule has 0 radical (unpaired) electrons. The fourth-order valence-corrected chi connectivity index (χ4v) is 2.42. The third-order valence-corrected chi connectivity index (χ3v) is 3.92. The van der Waals surface area contributed by atoms with Gasteiger partial charge < -0.3 is 5.32 Å². The Kier molecular flexibility index (Phi) is 5.45. The molecule has 1 heterocycles. The largest absolute Gasteiger partial charge is 0.310 e. The fourth-order valence-electron chi connectivity index (χ4n) is 1.42. The van der Waals surface area contributed by atoms with E-state index in [1.54, 1.807) is 11.6 Å². The second-order valence-corrected chi connectivity index (χ2v) is 7.25. The van der Waals surface area contributed by atoms with E-state index < -0.39 is 10.0 Å². The van der Waals surface area contributed by atoms with Crippen molar-refractivity contribution < 1.29 is 8.42 Å². The summed E-state index contributed by atoms with van der Waals surface area (Å²) in [6.45, 7) is 9.21. The summed E-state index contributed by atoms with van der Waals surface area (Å²) in [6, 6.07) is 0. The third-order valence-electron chi connectivity index (χ3n) is 2.45. The second-order valence-electron chi connectivity index (χ2n) is 5.32. The molecule has 0 atom stereocenters. The first-order chi connectivity index (χ1) is 8.74. The van der Waals surface area contributed by atoms with E-state index >= 15 is 0 Å². The molecule has 0 fully saturated rings. The average molecular weight is 289 g/mol. The standard InChI is InChI=1S/C11H23N5O2S/c1-5-13-19(17,18)7-6-12-8-10-9-16(15-14-10)11(2,3)4/h9,12-13H,5-8H2,1-4H3. The monoisotopic (exact) mass is 289 g/mol. The second kappa shape index (κ2) is 6.44. The summed E-state index contributed by atoms with van der Waals surface area (Å²) in [6.07, 6.45) is 1.87. The fraction of sp³-hybridized carbons (Fsp3) is 0.818. The van der Waals surface area contributed by atoms with Crippen LogP contribution in [0.4, 0.5) is 0 Å². The van der Waals surface area contributed by atoms with E-state index in [-0.39, 0.29) is 11.3 Å². The molecule has 7 nitrogen and oxygen atoms in total. The molecule has 1 aromatic rings. The van der Waals surface area contributed by atoms with E-state index in [0.717, 1.165) is 5.69 Å². The summed E-state index contributed by atoms with van der Waals surface area (Å²) >= 11 is 0. The van der Waals surface area contributed by atoms with Gasteiger partial charge in [-0.1, -0.05) is 12.1 Å². The zero-order valence-electron chi connectivity index (χ0n) is 12.0. The summed E-state index contributed by atoms with van der Waals surface area (Å²) in [5, 5.41) is 11.1. The summed E-state index contributed by atoms with van der Waals surface area (Å²) in [4.78, 5) is 0. The lowest BCUT2D eigenvalue weighted by Gasteiger charge is -2.17. The molecule has 19 heavy (non-hydrogen) atoms. The highest BCUT2D eigenvalue weighted by Crippen LogP contribution is 2.11. The molecule has 1 rings (SSSR count).